The summed E-state index contributed by atoms with van der Waals surface area (Å²) in [6.07, 6.45) is 0. The Labute approximate surface area is 114 Å². The summed E-state index contributed by atoms with van der Waals surface area (Å²) in [6, 6.07) is 4.06. The third-order valence-electron chi connectivity index (χ3n) is 2.87. The minimum absolute atomic E-state index is 0.102. The summed E-state index contributed by atoms with van der Waals surface area (Å²) in [5.74, 6) is -0.758. The molecule has 2 radical (unpaired) electrons. The van der Waals surface area contributed by atoms with Gasteiger partial charge in [-0.2, -0.15) is 0 Å². The molecule has 0 aliphatic heterocycles. The molecule has 1 N–H and O–H groups in total. The number of carbonyl (C=O) groups excluding carboxylic acids is 1. The van der Waals surface area contributed by atoms with Gasteiger partial charge in [-0.25, -0.2) is 4.39 Å². The van der Waals surface area contributed by atoms with E-state index in [0.717, 1.165) is 5.56 Å². The maximum absolute atomic E-state index is 13.1. The first-order valence-corrected chi connectivity index (χ1v) is 6.11. The van der Waals surface area contributed by atoms with E-state index in [0.29, 0.717) is 6.54 Å². The van der Waals surface area contributed by atoms with Gasteiger partial charge in [-0.15, -0.1) is 0 Å². The number of esters is 1. The minimum atomic E-state index is -0.441. The van der Waals surface area contributed by atoms with Crippen LogP contribution < -0.4 is 10.8 Å². The molecular formula is C14H19BFNO2. The van der Waals surface area contributed by atoms with Gasteiger partial charge in [0.1, 0.15) is 19.7 Å². The topological polar surface area (TPSA) is 38.3 Å². The van der Waals surface area contributed by atoms with E-state index < -0.39 is 11.9 Å². The number of halogens is 1. The molecule has 1 rings (SSSR count). The second-order valence-corrected chi connectivity index (χ2v) is 5.56. The lowest BCUT2D eigenvalue weighted by Crippen LogP contribution is -2.46. The van der Waals surface area contributed by atoms with Gasteiger partial charge >= 0.3 is 5.97 Å². The van der Waals surface area contributed by atoms with Gasteiger partial charge in [0.05, 0.1) is 7.11 Å². The SMILES string of the molecule is [B]c1cc(CN[C@H](C(=O)OC)C(C)(C)C)ccc1F. The van der Waals surface area contributed by atoms with Crippen molar-refractivity contribution in [3.05, 3.63) is 29.6 Å². The Kier molecular flexibility index (Phi) is 5.12. The van der Waals surface area contributed by atoms with Crippen molar-refractivity contribution in [2.24, 2.45) is 5.41 Å². The van der Waals surface area contributed by atoms with Crippen LogP contribution in [0, 0.1) is 11.2 Å². The first kappa shape index (κ1) is 15.7. The molecule has 19 heavy (non-hydrogen) atoms. The average Bonchev–Trinajstić information content (AvgIpc) is 2.31. The van der Waals surface area contributed by atoms with Gasteiger partial charge < -0.3 is 4.74 Å². The molecule has 0 aliphatic carbocycles. The lowest BCUT2D eigenvalue weighted by atomic mass is 9.86. The van der Waals surface area contributed by atoms with Crippen LogP contribution in [0.4, 0.5) is 4.39 Å². The van der Waals surface area contributed by atoms with Crippen LogP contribution in [0.15, 0.2) is 18.2 Å². The number of hydrogen-bond donors (Lipinski definition) is 1. The molecule has 102 valence electrons. The number of ether oxygens (including phenoxy) is 1. The van der Waals surface area contributed by atoms with Crippen LogP contribution in [0.2, 0.25) is 0 Å². The van der Waals surface area contributed by atoms with Crippen molar-refractivity contribution in [3.8, 4) is 0 Å². The average molecular weight is 263 g/mol. The third-order valence-corrected chi connectivity index (χ3v) is 2.87. The Morgan fingerprint density at radius 2 is 2.11 bits per heavy atom. The molecule has 3 nitrogen and oxygen atoms in total. The fourth-order valence-electron chi connectivity index (χ4n) is 1.78. The molecule has 0 spiro atoms. The van der Waals surface area contributed by atoms with Crippen molar-refractivity contribution >= 4 is 19.3 Å². The fraction of sp³-hybridized carbons (Fsp3) is 0.500. The predicted octanol–water partition coefficient (Wildman–Crippen LogP) is 1.30. The monoisotopic (exact) mass is 263 g/mol. The molecule has 0 aliphatic rings. The van der Waals surface area contributed by atoms with Gasteiger partial charge in [0, 0.05) is 6.54 Å². The highest BCUT2D eigenvalue weighted by Crippen LogP contribution is 2.20. The molecule has 0 amide bonds. The molecule has 0 aromatic heterocycles. The van der Waals surface area contributed by atoms with Crippen LogP contribution in [0.1, 0.15) is 26.3 Å². The summed E-state index contributed by atoms with van der Waals surface area (Å²) in [5, 5.41) is 3.12. The molecular weight excluding hydrogens is 244 g/mol. The molecule has 1 atom stereocenters. The summed E-state index contributed by atoms with van der Waals surface area (Å²) < 4.78 is 17.8. The first-order chi connectivity index (χ1) is 8.75. The van der Waals surface area contributed by atoms with Crippen LogP contribution in [0.25, 0.3) is 0 Å². The summed E-state index contributed by atoms with van der Waals surface area (Å²) in [7, 11) is 6.86. The predicted molar refractivity (Wildman–Crippen MR) is 73.9 cm³/mol. The van der Waals surface area contributed by atoms with Crippen molar-refractivity contribution in [2.75, 3.05) is 7.11 Å². The van der Waals surface area contributed by atoms with Crippen LogP contribution >= 0.6 is 0 Å². The molecule has 0 unspecified atom stereocenters. The number of benzene rings is 1. The number of hydrogen-bond acceptors (Lipinski definition) is 3. The Bertz CT molecular complexity index is 457. The summed E-state index contributed by atoms with van der Waals surface area (Å²) in [6.45, 7) is 6.25. The Hall–Kier alpha value is -1.36. The van der Waals surface area contributed by atoms with Gasteiger partial charge in [0.15, 0.2) is 0 Å². The van der Waals surface area contributed by atoms with Gasteiger partial charge in [0.25, 0.3) is 0 Å². The molecule has 1 aromatic carbocycles. The van der Waals surface area contributed by atoms with Gasteiger partial charge in [-0.3, -0.25) is 10.1 Å². The van der Waals surface area contributed by atoms with Crippen molar-refractivity contribution < 1.29 is 13.9 Å². The number of rotatable bonds is 4. The first-order valence-electron chi connectivity index (χ1n) is 6.11. The smallest absolute Gasteiger partial charge is 0.323 e. The third kappa shape index (κ3) is 4.35. The summed E-state index contributed by atoms with van der Waals surface area (Å²) >= 11 is 0. The summed E-state index contributed by atoms with van der Waals surface area (Å²) in [5.41, 5.74) is 0.639. The van der Waals surface area contributed by atoms with Crippen molar-refractivity contribution in [3.63, 3.8) is 0 Å². The molecule has 0 heterocycles. The Morgan fingerprint density at radius 3 is 2.58 bits per heavy atom. The van der Waals surface area contributed by atoms with E-state index in [1.165, 1.54) is 13.2 Å². The standard InChI is InChI=1S/C14H19BFNO2/c1-14(2,3)12(13(18)19-4)17-8-9-5-6-11(16)10(15)7-9/h5-7,12,17H,8H2,1-4H3/t12-/m1/s1. The molecule has 0 saturated carbocycles. The van der Waals surface area contributed by atoms with Gasteiger partial charge in [-0.05, 0) is 17.0 Å². The van der Waals surface area contributed by atoms with Crippen LogP contribution in [-0.4, -0.2) is 27.0 Å². The molecule has 0 bridgehead atoms. The lowest BCUT2D eigenvalue weighted by Gasteiger charge is -2.29. The normalized spacial score (nSPS) is 13.1. The zero-order valence-corrected chi connectivity index (χ0v) is 11.8. The minimum Gasteiger partial charge on any atom is -0.468 e. The highest BCUT2D eigenvalue weighted by Gasteiger charge is 2.31. The van der Waals surface area contributed by atoms with Gasteiger partial charge in [-0.1, -0.05) is 38.4 Å². The molecule has 0 saturated heterocycles. The van der Waals surface area contributed by atoms with E-state index in [4.69, 9.17) is 12.6 Å². The van der Waals surface area contributed by atoms with Crippen molar-refractivity contribution in [2.45, 2.75) is 33.4 Å². The van der Waals surface area contributed by atoms with E-state index in [2.05, 4.69) is 5.32 Å². The second-order valence-electron chi connectivity index (χ2n) is 5.56. The van der Waals surface area contributed by atoms with E-state index in [1.807, 2.05) is 20.8 Å². The van der Waals surface area contributed by atoms with E-state index >= 15 is 0 Å². The fourth-order valence-corrected chi connectivity index (χ4v) is 1.78. The largest absolute Gasteiger partial charge is 0.468 e. The number of methoxy groups -OCH3 is 1. The highest BCUT2D eigenvalue weighted by molar-refractivity contribution is 6.32. The second kappa shape index (κ2) is 6.19. The maximum atomic E-state index is 13.1. The molecule has 1 aromatic rings. The number of carbonyl (C=O) groups is 1. The molecule has 0 fully saturated rings. The van der Waals surface area contributed by atoms with Gasteiger partial charge in [0.2, 0.25) is 0 Å². The van der Waals surface area contributed by atoms with Crippen molar-refractivity contribution in [1.29, 1.82) is 0 Å². The van der Waals surface area contributed by atoms with E-state index in [-0.39, 0.29) is 16.8 Å². The zero-order chi connectivity index (χ0) is 14.6. The maximum Gasteiger partial charge on any atom is 0.323 e. The Morgan fingerprint density at radius 1 is 1.47 bits per heavy atom. The number of nitrogens with one attached hydrogen (secondary N) is 1. The molecule has 5 heteroatoms. The highest BCUT2D eigenvalue weighted by atomic mass is 19.1. The van der Waals surface area contributed by atoms with Crippen molar-refractivity contribution in [1.82, 2.24) is 5.32 Å². The van der Waals surface area contributed by atoms with E-state index in [1.54, 1.807) is 12.1 Å². The Balaban J connectivity index is 2.76. The van der Waals surface area contributed by atoms with Crippen LogP contribution in [0.3, 0.4) is 0 Å². The lowest BCUT2D eigenvalue weighted by molar-refractivity contribution is -0.146. The summed E-state index contributed by atoms with van der Waals surface area (Å²) in [4.78, 5) is 11.7. The quantitative estimate of drug-likeness (QED) is 0.657. The zero-order valence-electron chi connectivity index (χ0n) is 11.8. The van der Waals surface area contributed by atoms with E-state index in [9.17, 15) is 9.18 Å². The van der Waals surface area contributed by atoms with Crippen LogP contribution in [0.5, 0.6) is 0 Å². The van der Waals surface area contributed by atoms with Crippen LogP contribution in [-0.2, 0) is 16.1 Å².